The molecule has 1 fully saturated rings. The summed E-state index contributed by atoms with van der Waals surface area (Å²) in [5, 5.41) is 12.0. The molecule has 0 amide bonds. The van der Waals surface area contributed by atoms with Crippen LogP contribution in [-0.4, -0.2) is 42.6 Å². The van der Waals surface area contributed by atoms with Crippen molar-refractivity contribution in [2.45, 2.75) is 46.1 Å². The highest BCUT2D eigenvalue weighted by molar-refractivity contribution is 6.51. The monoisotopic (exact) mass is 379 g/mol. The molecule has 0 spiro atoms. The number of likely N-dealkylation sites (tertiary alicyclic amines) is 1. The zero-order chi connectivity index (χ0) is 20.5. The minimum absolute atomic E-state index is 0.0411. The Morgan fingerprint density at radius 3 is 2.39 bits per heavy atom. The average Bonchev–Trinajstić information content (AvgIpc) is 2.74. The van der Waals surface area contributed by atoms with Crippen LogP contribution in [-0.2, 0) is 0 Å². The molecule has 150 valence electrons. The number of anilines is 1. The molecule has 0 aromatic heterocycles. The Balaban J connectivity index is 0.00000136. The van der Waals surface area contributed by atoms with Gasteiger partial charge in [-0.3, -0.25) is 10.2 Å². The van der Waals surface area contributed by atoms with Crippen molar-refractivity contribution < 1.29 is 4.79 Å². The third-order valence-electron chi connectivity index (χ3n) is 5.26. The van der Waals surface area contributed by atoms with Crippen molar-refractivity contribution in [1.82, 2.24) is 4.90 Å². The van der Waals surface area contributed by atoms with Crippen LogP contribution >= 0.6 is 0 Å². The number of hydrogen-bond donors (Lipinski definition) is 2. The molecule has 0 radical (unpaired) electrons. The second-order valence-electron chi connectivity index (χ2n) is 7.08. The number of nitrogens with zero attached hydrogens (tertiary/aromatic N) is 1. The maximum Gasteiger partial charge on any atom is 0.211 e. The lowest BCUT2D eigenvalue weighted by Gasteiger charge is -2.33. The van der Waals surface area contributed by atoms with Gasteiger partial charge in [0.15, 0.2) is 0 Å². The fraction of sp³-hybridized carbons (Fsp3) is 0.417. The normalized spacial score (nSPS) is 16.6. The van der Waals surface area contributed by atoms with E-state index in [-0.39, 0.29) is 11.5 Å². The minimum Gasteiger partial charge on any atom is -0.383 e. The van der Waals surface area contributed by atoms with Gasteiger partial charge in [-0.1, -0.05) is 62.7 Å². The predicted octanol–water partition coefficient (Wildman–Crippen LogP) is 5.17. The fourth-order valence-electron chi connectivity index (χ4n) is 3.57. The summed E-state index contributed by atoms with van der Waals surface area (Å²) in [5.41, 5.74) is 3.06. The fourth-order valence-corrected chi connectivity index (χ4v) is 3.57. The molecule has 3 rings (SSSR count). The highest BCUT2D eigenvalue weighted by Crippen LogP contribution is 2.21. The Bertz CT molecular complexity index is 800. The van der Waals surface area contributed by atoms with E-state index < -0.39 is 0 Å². The molecule has 2 aromatic carbocycles. The first-order valence-corrected chi connectivity index (χ1v) is 10.3. The van der Waals surface area contributed by atoms with E-state index in [9.17, 15) is 4.79 Å². The highest BCUT2D eigenvalue weighted by Gasteiger charge is 2.21. The van der Waals surface area contributed by atoms with Crippen LogP contribution in [0.25, 0.3) is 0 Å². The van der Waals surface area contributed by atoms with E-state index in [1.807, 2.05) is 63.2 Å². The van der Waals surface area contributed by atoms with Crippen molar-refractivity contribution >= 4 is 17.2 Å². The van der Waals surface area contributed by atoms with Gasteiger partial charge in [0.05, 0.1) is 0 Å². The van der Waals surface area contributed by atoms with Crippen molar-refractivity contribution in [3.63, 3.8) is 0 Å². The second-order valence-corrected chi connectivity index (χ2v) is 7.08. The summed E-state index contributed by atoms with van der Waals surface area (Å²) in [6.45, 7) is 7.87. The van der Waals surface area contributed by atoms with Gasteiger partial charge in [0, 0.05) is 29.4 Å². The molecular formula is C24H33N3O. The molecular weight excluding hydrogens is 346 g/mol. The first-order valence-electron chi connectivity index (χ1n) is 10.3. The molecule has 1 saturated heterocycles. The summed E-state index contributed by atoms with van der Waals surface area (Å²) in [6.07, 6.45) is 3.71. The number of carbonyl (C=O) groups excluding carboxylic acids is 1. The van der Waals surface area contributed by atoms with Crippen LogP contribution in [0.15, 0.2) is 48.5 Å². The van der Waals surface area contributed by atoms with Crippen molar-refractivity contribution in [3.05, 3.63) is 65.2 Å². The van der Waals surface area contributed by atoms with Crippen molar-refractivity contribution in [1.29, 1.82) is 5.41 Å². The molecule has 2 N–H and O–H groups in total. The summed E-state index contributed by atoms with van der Waals surface area (Å²) in [4.78, 5) is 15.2. The number of para-hydroxylation sites is 1. The van der Waals surface area contributed by atoms with Crippen LogP contribution in [0.5, 0.6) is 0 Å². The zero-order valence-electron chi connectivity index (χ0n) is 17.6. The number of piperidine rings is 1. The second kappa shape index (κ2) is 10.8. The minimum atomic E-state index is -0.230. The van der Waals surface area contributed by atoms with Crippen molar-refractivity contribution in [2.75, 3.05) is 25.5 Å². The lowest BCUT2D eigenvalue weighted by Crippen LogP contribution is -2.40. The van der Waals surface area contributed by atoms with E-state index in [0.717, 1.165) is 24.3 Å². The van der Waals surface area contributed by atoms with Gasteiger partial charge in [-0.25, -0.2) is 0 Å². The summed E-state index contributed by atoms with van der Waals surface area (Å²) in [6, 6.07) is 15.6. The lowest BCUT2D eigenvalue weighted by atomic mass is 9.96. The number of likely N-dealkylation sites (N-methyl/N-ethyl adjacent to an activating group) is 1. The number of rotatable bonds is 6. The number of carbonyl (C=O) groups is 1. The van der Waals surface area contributed by atoms with E-state index in [2.05, 4.69) is 17.3 Å². The van der Waals surface area contributed by atoms with Crippen LogP contribution in [0.1, 0.15) is 54.6 Å². The number of hydrogen-bond acceptors (Lipinski definition) is 4. The molecule has 0 saturated carbocycles. The van der Waals surface area contributed by atoms with Crippen molar-refractivity contribution in [2.24, 2.45) is 0 Å². The SMILES string of the molecule is CC.Cc1ccccc1C(=O)C(=N)c1ccccc1NCC1CCCCN1C. The van der Waals surface area contributed by atoms with Gasteiger partial charge in [0.1, 0.15) is 5.71 Å². The van der Waals surface area contributed by atoms with Gasteiger partial charge in [-0.05, 0) is 45.0 Å². The molecule has 4 nitrogen and oxygen atoms in total. The van der Waals surface area contributed by atoms with Crippen molar-refractivity contribution in [3.8, 4) is 0 Å². The standard InChI is InChI=1S/C22H27N3O.C2H6/c1-16-9-3-4-11-18(16)22(26)21(23)19-12-5-6-13-20(19)24-15-17-10-7-8-14-25(17)2;1-2/h3-6,9,11-13,17,23-24H,7-8,10,14-15H2,1-2H3;1-2H3. The first-order chi connectivity index (χ1) is 13.6. The molecule has 1 aliphatic rings. The first kappa shape index (κ1) is 21.8. The van der Waals surface area contributed by atoms with E-state index in [1.165, 1.54) is 19.3 Å². The lowest BCUT2D eigenvalue weighted by molar-refractivity contribution is 0.106. The van der Waals surface area contributed by atoms with E-state index >= 15 is 0 Å². The maximum atomic E-state index is 12.8. The summed E-state index contributed by atoms with van der Waals surface area (Å²) >= 11 is 0. The van der Waals surface area contributed by atoms with Gasteiger partial charge in [0.25, 0.3) is 0 Å². The van der Waals surface area contributed by atoms with Crippen LogP contribution in [0.4, 0.5) is 5.69 Å². The summed E-state index contributed by atoms with van der Waals surface area (Å²) in [5.74, 6) is -0.230. The molecule has 1 aliphatic heterocycles. The third kappa shape index (κ3) is 5.29. The van der Waals surface area contributed by atoms with Gasteiger partial charge in [-0.2, -0.15) is 0 Å². The van der Waals surface area contributed by atoms with Gasteiger partial charge < -0.3 is 10.2 Å². The van der Waals surface area contributed by atoms with E-state index in [4.69, 9.17) is 5.41 Å². The topological polar surface area (TPSA) is 56.2 Å². The van der Waals surface area contributed by atoms with Gasteiger partial charge in [0.2, 0.25) is 5.78 Å². The molecule has 0 aliphatic carbocycles. The largest absolute Gasteiger partial charge is 0.383 e. The zero-order valence-corrected chi connectivity index (χ0v) is 17.6. The Kier molecular flexibility index (Phi) is 8.40. The molecule has 1 unspecified atom stereocenters. The van der Waals surface area contributed by atoms with Gasteiger partial charge in [-0.15, -0.1) is 0 Å². The molecule has 28 heavy (non-hydrogen) atoms. The Morgan fingerprint density at radius 1 is 1.07 bits per heavy atom. The number of aryl methyl sites for hydroxylation is 1. The van der Waals surface area contributed by atoms with Crippen LogP contribution < -0.4 is 5.32 Å². The Morgan fingerprint density at radius 2 is 1.71 bits per heavy atom. The third-order valence-corrected chi connectivity index (χ3v) is 5.26. The molecule has 4 heteroatoms. The summed E-state index contributed by atoms with van der Waals surface area (Å²) in [7, 11) is 2.17. The number of ketones is 1. The van der Waals surface area contributed by atoms with Crippen LogP contribution in [0, 0.1) is 12.3 Å². The number of nitrogens with one attached hydrogen (secondary N) is 2. The van der Waals surface area contributed by atoms with Gasteiger partial charge >= 0.3 is 0 Å². The molecule has 1 atom stereocenters. The van der Waals surface area contributed by atoms with E-state index in [0.29, 0.717) is 17.2 Å². The Hall–Kier alpha value is -2.46. The quantitative estimate of drug-likeness (QED) is 0.538. The molecule has 1 heterocycles. The summed E-state index contributed by atoms with van der Waals surface area (Å²) < 4.78 is 0. The smallest absolute Gasteiger partial charge is 0.211 e. The highest BCUT2D eigenvalue weighted by atomic mass is 16.1. The van der Waals surface area contributed by atoms with E-state index in [1.54, 1.807) is 6.07 Å². The Labute approximate surface area is 169 Å². The number of benzene rings is 2. The molecule has 2 aromatic rings. The average molecular weight is 380 g/mol. The predicted molar refractivity (Wildman–Crippen MR) is 119 cm³/mol. The maximum absolute atomic E-state index is 12.8. The molecule has 0 bridgehead atoms. The van der Waals surface area contributed by atoms with Crippen LogP contribution in [0.3, 0.4) is 0 Å². The van der Waals surface area contributed by atoms with Crippen LogP contribution in [0.2, 0.25) is 0 Å². The number of Topliss-reactive ketones (excluding diaryl/α,β-unsaturated/α-hetero) is 1.